The van der Waals surface area contributed by atoms with Gasteiger partial charge in [0.2, 0.25) is 5.82 Å². The van der Waals surface area contributed by atoms with Gasteiger partial charge in [0.25, 0.3) is 5.56 Å². The Kier molecular flexibility index (Phi) is 3.80. The molecule has 1 saturated heterocycles. The summed E-state index contributed by atoms with van der Waals surface area (Å²) in [5, 5.41) is 28.1. The molecule has 0 radical (unpaired) electrons. The molecule has 1 aromatic heterocycles. The molecule has 2 rings (SSSR count). The lowest BCUT2D eigenvalue weighted by Crippen LogP contribution is -2.50. The summed E-state index contributed by atoms with van der Waals surface area (Å²) < 4.78 is 19.1. The second-order valence-electron chi connectivity index (χ2n) is 4.25. The zero-order chi connectivity index (χ0) is 14.2. The van der Waals surface area contributed by atoms with Crippen molar-refractivity contribution in [3.05, 3.63) is 32.9 Å². The van der Waals surface area contributed by atoms with E-state index in [1.54, 1.807) is 4.98 Å². The molecule has 9 heteroatoms. The van der Waals surface area contributed by atoms with E-state index in [0.29, 0.717) is 6.20 Å². The van der Waals surface area contributed by atoms with Crippen molar-refractivity contribution in [2.45, 2.75) is 31.0 Å². The van der Waals surface area contributed by atoms with Gasteiger partial charge in [0.05, 0.1) is 18.9 Å². The van der Waals surface area contributed by atoms with E-state index in [9.17, 15) is 24.2 Å². The van der Waals surface area contributed by atoms with Crippen LogP contribution >= 0.6 is 0 Å². The topological polar surface area (TPSA) is 125 Å². The molecule has 2 heterocycles. The Morgan fingerprint density at radius 2 is 2.16 bits per heavy atom. The van der Waals surface area contributed by atoms with Crippen molar-refractivity contribution in [2.75, 3.05) is 6.61 Å². The first-order valence-electron chi connectivity index (χ1n) is 5.57. The summed E-state index contributed by atoms with van der Waals surface area (Å²) in [7, 11) is 0. The summed E-state index contributed by atoms with van der Waals surface area (Å²) in [5.41, 5.74) is -2.06. The summed E-state index contributed by atoms with van der Waals surface area (Å²) in [6.45, 7) is -0.574. The molecule has 19 heavy (non-hydrogen) atoms. The minimum Gasteiger partial charge on any atom is -0.394 e. The second-order valence-corrected chi connectivity index (χ2v) is 4.25. The van der Waals surface area contributed by atoms with Crippen molar-refractivity contribution in [3.8, 4) is 0 Å². The monoisotopic (exact) mass is 276 g/mol. The number of hydrogen-bond acceptors (Lipinski definition) is 6. The molecule has 0 aliphatic carbocycles. The van der Waals surface area contributed by atoms with Gasteiger partial charge in [-0.05, 0) is 0 Å². The molecule has 0 bridgehead atoms. The SMILES string of the molecule is O=c1[nH]c(=O)n([C@H]2C[C@@H](O)[C@H](O)[C@H](CO)O2)cc1F. The smallest absolute Gasteiger partial charge is 0.330 e. The van der Waals surface area contributed by atoms with E-state index in [1.807, 2.05) is 0 Å². The van der Waals surface area contributed by atoms with Gasteiger partial charge in [-0.3, -0.25) is 14.3 Å². The third kappa shape index (κ3) is 2.59. The van der Waals surface area contributed by atoms with Crippen LogP contribution in [0.25, 0.3) is 0 Å². The average molecular weight is 276 g/mol. The third-order valence-corrected chi connectivity index (χ3v) is 2.96. The summed E-state index contributed by atoms with van der Waals surface area (Å²) in [6, 6.07) is 0. The molecule has 4 N–H and O–H groups in total. The molecule has 1 aromatic rings. The molecule has 0 spiro atoms. The van der Waals surface area contributed by atoms with E-state index in [4.69, 9.17) is 9.84 Å². The van der Waals surface area contributed by atoms with Crippen LogP contribution in [-0.2, 0) is 4.74 Å². The Labute approximate surface area is 105 Å². The standard InChI is InChI=1S/C10H13FN2O6/c11-4-2-13(10(18)12-9(4)17)7-1-5(15)8(16)6(3-14)19-7/h2,5-8,14-16H,1,3H2,(H,12,17,18)/t5-,6+,7-,8+/m1/s1. The minimum absolute atomic E-state index is 0.178. The van der Waals surface area contributed by atoms with Crippen molar-refractivity contribution < 1.29 is 24.4 Å². The Morgan fingerprint density at radius 1 is 1.47 bits per heavy atom. The Bertz CT molecular complexity index is 570. The fourth-order valence-electron chi connectivity index (χ4n) is 1.94. The van der Waals surface area contributed by atoms with Crippen LogP contribution in [0, 0.1) is 5.82 Å². The average Bonchev–Trinajstić information content (AvgIpc) is 2.37. The van der Waals surface area contributed by atoms with E-state index in [-0.39, 0.29) is 6.42 Å². The number of halogens is 1. The van der Waals surface area contributed by atoms with E-state index >= 15 is 0 Å². The lowest BCUT2D eigenvalue weighted by molar-refractivity contribution is -0.202. The molecule has 0 aromatic carbocycles. The number of aliphatic hydroxyl groups is 3. The number of nitrogens with zero attached hydrogens (tertiary/aromatic N) is 1. The van der Waals surface area contributed by atoms with Crippen molar-refractivity contribution in [3.63, 3.8) is 0 Å². The summed E-state index contributed by atoms with van der Waals surface area (Å²) in [6.07, 6.45) is -4.25. The number of nitrogens with one attached hydrogen (secondary N) is 1. The van der Waals surface area contributed by atoms with Gasteiger partial charge in [-0.1, -0.05) is 0 Å². The van der Waals surface area contributed by atoms with Gasteiger partial charge in [-0.15, -0.1) is 0 Å². The number of aromatic amines is 1. The van der Waals surface area contributed by atoms with Crippen molar-refractivity contribution >= 4 is 0 Å². The summed E-state index contributed by atoms with van der Waals surface area (Å²) in [4.78, 5) is 24.2. The zero-order valence-corrected chi connectivity index (χ0v) is 9.69. The van der Waals surface area contributed by atoms with Crippen LogP contribution in [0.5, 0.6) is 0 Å². The van der Waals surface area contributed by atoms with Crippen molar-refractivity contribution in [2.24, 2.45) is 0 Å². The highest BCUT2D eigenvalue weighted by Gasteiger charge is 2.37. The third-order valence-electron chi connectivity index (χ3n) is 2.96. The fraction of sp³-hybridized carbons (Fsp3) is 0.600. The Morgan fingerprint density at radius 3 is 2.79 bits per heavy atom. The molecule has 8 nitrogen and oxygen atoms in total. The highest BCUT2D eigenvalue weighted by Crippen LogP contribution is 2.26. The highest BCUT2D eigenvalue weighted by molar-refractivity contribution is 4.91. The maximum absolute atomic E-state index is 13.1. The molecule has 106 valence electrons. The first-order valence-corrected chi connectivity index (χ1v) is 5.57. The number of ether oxygens (including phenoxy) is 1. The summed E-state index contributed by atoms with van der Waals surface area (Å²) >= 11 is 0. The molecule has 1 aliphatic heterocycles. The Hall–Kier alpha value is -1.55. The van der Waals surface area contributed by atoms with E-state index < -0.39 is 48.2 Å². The molecule has 0 unspecified atom stereocenters. The maximum Gasteiger partial charge on any atom is 0.330 e. The molecule has 4 atom stereocenters. The number of hydrogen-bond donors (Lipinski definition) is 4. The first-order chi connectivity index (χ1) is 8.93. The molecule has 1 aliphatic rings. The largest absolute Gasteiger partial charge is 0.394 e. The van der Waals surface area contributed by atoms with Crippen LogP contribution in [0.1, 0.15) is 12.6 Å². The second kappa shape index (κ2) is 5.21. The number of H-pyrrole nitrogens is 1. The zero-order valence-electron chi connectivity index (χ0n) is 9.69. The van der Waals surface area contributed by atoms with Crippen LogP contribution in [-0.4, -0.2) is 49.8 Å². The van der Waals surface area contributed by atoms with E-state index in [0.717, 1.165) is 4.57 Å². The lowest BCUT2D eigenvalue weighted by Gasteiger charge is -2.36. The molecule has 0 saturated carbocycles. The van der Waals surface area contributed by atoms with Crippen molar-refractivity contribution in [1.29, 1.82) is 0 Å². The molecular formula is C10H13FN2O6. The minimum atomic E-state index is -1.30. The first kappa shape index (κ1) is 13.9. The molecular weight excluding hydrogens is 263 g/mol. The van der Waals surface area contributed by atoms with Crippen LogP contribution in [0.3, 0.4) is 0 Å². The van der Waals surface area contributed by atoms with Gasteiger partial charge in [-0.25, -0.2) is 4.79 Å². The number of aliphatic hydroxyl groups excluding tert-OH is 3. The summed E-state index contributed by atoms with van der Waals surface area (Å²) in [5.74, 6) is -1.18. The van der Waals surface area contributed by atoms with Gasteiger partial charge in [0, 0.05) is 6.42 Å². The van der Waals surface area contributed by atoms with Gasteiger partial charge in [0.1, 0.15) is 18.4 Å². The van der Waals surface area contributed by atoms with Crippen LogP contribution in [0.15, 0.2) is 15.8 Å². The fourth-order valence-corrected chi connectivity index (χ4v) is 1.94. The quantitative estimate of drug-likeness (QED) is 0.480. The highest BCUT2D eigenvalue weighted by atomic mass is 19.1. The van der Waals surface area contributed by atoms with E-state index in [1.165, 1.54) is 0 Å². The van der Waals surface area contributed by atoms with Crippen LogP contribution < -0.4 is 11.2 Å². The maximum atomic E-state index is 13.1. The van der Waals surface area contributed by atoms with E-state index in [2.05, 4.69) is 0 Å². The number of rotatable bonds is 2. The van der Waals surface area contributed by atoms with Crippen LogP contribution in [0.2, 0.25) is 0 Å². The predicted molar refractivity (Wildman–Crippen MR) is 58.9 cm³/mol. The van der Waals surface area contributed by atoms with Crippen LogP contribution in [0.4, 0.5) is 4.39 Å². The normalized spacial score (nSPS) is 31.4. The predicted octanol–water partition coefficient (Wildman–Crippen LogP) is -2.32. The van der Waals surface area contributed by atoms with Gasteiger partial charge in [-0.2, -0.15) is 4.39 Å². The Balaban J connectivity index is 2.35. The molecule has 0 amide bonds. The lowest BCUT2D eigenvalue weighted by atomic mass is 10.0. The number of aromatic nitrogens is 2. The van der Waals surface area contributed by atoms with Crippen molar-refractivity contribution in [1.82, 2.24) is 9.55 Å². The molecule has 1 fully saturated rings. The van der Waals surface area contributed by atoms with Gasteiger partial charge in [0.15, 0.2) is 0 Å². The van der Waals surface area contributed by atoms with Gasteiger partial charge < -0.3 is 20.1 Å². The van der Waals surface area contributed by atoms with Gasteiger partial charge >= 0.3 is 5.69 Å².